The number of benzene rings is 2. The van der Waals surface area contributed by atoms with Gasteiger partial charge in [0.05, 0.1) is 6.61 Å². The largest absolute Gasteiger partial charge is 0.383 e. The van der Waals surface area contributed by atoms with Crippen LogP contribution in [0, 0.1) is 17.6 Å². The Morgan fingerprint density at radius 1 is 1.16 bits per heavy atom. The second-order valence-electron chi connectivity index (χ2n) is 8.47. The lowest BCUT2D eigenvalue weighted by Gasteiger charge is -2.35. The Morgan fingerprint density at radius 2 is 1.94 bits per heavy atom. The van der Waals surface area contributed by atoms with Crippen molar-refractivity contribution >= 4 is 16.8 Å². The fourth-order valence-electron chi connectivity index (χ4n) is 4.37. The van der Waals surface area contributed by atoms with Crippen molar-refractivity contribution in [2.45, 2.75) is 19.4 Å². The maximum Gasteiger partial charge on any atom is 0.270 e. The minimum Gasteiger partial charge on any atom is -0.383 e. The fourth-order valence-corrected chi connectivity index (χ4v) is 4.37. The first-order valence-electron chi connectivity index (χ1n) is 11.1. The topological polar surface area (TPSA) is 48.6 Å². The van der Waals surface area contributed by atoms with Crippen molar-refractivity contribution in [2.24, 2.45) is 5.92 Å². The van der Waals surface area contributed by atoms with Crippen LogP contribution in [0.3, 0.4) is 0 Å². The molecule has 0 aliphatic carbocycles. The summed E-state index contributed by atoms with van der Waals surface area (Å²) in [4.78, 5) is 20.4. The van der Waals surface area contributed by atoms with Crippen molar-refractivity contribution in [3.63, 3.8) is 0 Å². The van der Waals surface area contributed by atoms with Crippen LogP contribution in [0.2, 0.25) is 0 Å². The Morgan fingerprint density at radius 3 is 2.69 bits per heavy atom. The van der Waals surface area contributed by atoms with E-state index in [0.717, 1.165) is 37.0 Å². The normalized spacial score (nSPS) is 15.3. The van der Waals surface area contributed by atoms with Crippen LogP contribution in [0.25, 0.3) is 10.9 Å². The average molecular weight is 442 g/mol. The number of amides is 1. The Kier molecular flexibility index (Phi) is 7.17. The molecule has 1 aromatic heterocycles. The number of ether oxygens (including phenoxy) is 1. The van der Waals surface area contributed by atoms with Crippen LogP contribution >= 0.6 is 0 Å². The zero-order chi connectivity index (χ0) is 22.5. The van der Waals surface area contributed by atoms with Crippen LogP contribution < -0.4 is 0 Å². The number of piperidine rings is 1. The Bertz CT molecular complexity index is 1060. The number of carbonyl (C=O) groups excluding carboxylic acids is 1. The van der Waals surface area contributed by atoms with Gasteiger partial charge in [0.15, 0.2) is 0 Å². The number of hydrogen-bond donors (Lipinski definition) is 1. The summed E-state index contributed by atoms with van der Waals surface area (Å²) in [6.07, 6.45) is 1.90. The third-order valence-electron chi connectivity index (χ3n) is 6.20. The van der Waals surface area contributed by atoms with Gasteiger partial charge in [0.25, 0.3) is 5.91 Å². The van der Waals surface area contributed by atoms with Crippen molar-refractivity contribution < 1.29 is 18.3 Å². The maximum absolute atomic E-state index is 14.0. The minimum absolute atomic E-state index is 0.104. The van der Waals surface area contributed by atoms with Crippen molar-refractivity contribution in [3.8, 4) is 0 Å². The van der Waals surface area contributed by atoms with Crippen LogP contribution in [0.4, 0.5) is 8.78 Å². The van der Waals surface area contributed by atoms with Crippen molar-refractivity contribution in [1.29, 1.82) is 0 Å². The Hall–Kier alpha value is -2.77. The van der Waals surface area contributed by atoms with Crippen molar-refractivity contribution in [1.82, 2.24) is 14.8 Å². The summed E-state index contributed by atoms with van der Waals surface area (Å²) < 4.78 is 32.7. The van der Waals surface area contributed by atoms with Crippen molar-refractivity contribution in [2.75, 3.05) is 39.9 Å². The Balaban J connectivity index is 1.38. The average Bonchev–Trinajstić information content (AvgIpc) is 3.22. The first kappa shape index (κ1) is 22.4. The molecular weight excluding hydrogens is 412 g/mol. The van der Waals surface area contributed by atoms with Crippen LogP contribution in [0.15, 0.2) is 48.5 Å². The summed E-state index contributed by atoms with van der Waals surface area (Å²) in [5.41, 5.74) is 1.92. The summed E-state index contributed by atoms with van der Waals surface area (Å²) in [7, 11) is 1.62. The lowest BCUT2D eigenvalue weighted by molar-refractivity contribution is 0.0612. The van der Waals surface area contributed by atoms with Crippen LogP contribution in [-0.2, 0) is 11.3 Å². The van der Waals surface area contributed by atoms with Gasteiger partial charge < -0.3 is 14.6 Å². The molecule has 1 fully saturated rings. The first-order valence-corrected chi connectivity index (χ1v) is 11.1. The zero-order valence-corrected chi connectivity index (χ0v) is 18.3. The number of H-pyrrole nitrogens is 1. The number of aromatic nitrogens is 1. The molecule has 32 heavy (non-hydrogen) atoms. The molecular formula is C25H29F2N3O2. The van der Waals surface area contributed by atoms with E-state index in [-0.39, 0.29) is 17.5 Å². The molecule has 0 radical (unpaired) electrons. The number of carbonyl (C=O) groups is 1. The molecule has 2 heterocycles. The Labute approximate surface area is 187 Å². The number of rotatable bonds is 8. The zero-order valence-electron chi connectivity index (χ0n) is 18.3. The van der Waals surface area contributed by atoms with Crippen LogP contribution in [0.1, 0.15) is 28.9 Å². The molecule has 5 nitrogen and oxygen atoms in total. The van der Waals surface area contributed by atoms with E-state index in [1.54, 1.807) is 25.3 Å². The summed E-state index contributed by atoms with van der Waals surface area (Å²) in [6, 6.07) is 13.1. The molecule has 1 N–H and O–H groups in total. The monoisotopic (exact) mass is 441 g/mol. The molecule has 1 saturated heterocycles. The van der Waals surface area contributed by atoms with Gasteiger partial charge >= 0.3 is 0 Å². The lowest BCUT2D eigenvalue weighted by Crippen LogP contribution is -2.42. The lowest BCUT2D eigenvalue weighted by atomic mass is 9.95. The van der Waals surface area contributed by atoms with E-state index in [1.807, 2.05) is 17.0 Å². The van der Waals surface area contributed by atoms with Gasteiger partial charge in [-0.15, -0.1) is 0 Å². The summed E-state index contributed by atoms with van der Waals surface area (Å²) in [5, 5.41) is 0.682. The number of methoxy groups -OCH3 is 1. The van der Waals surface area contributed by atoms with Gasteiger partial charge in [0, 0.05) is 43.2 Å². The van der Waals surface area contributed by atoms with E-state index < -0.39 is 0 Å². The number of aromatic amines is 1. The van der Waals surface area contributed by atoms with Gasteiger partial charge in [-0.3, -0.25) is 9.69 Å². The molecule has 3 aromatic rings. The summed E-state index contributed by atoms with van der Waals surface area (Å²) in [5.74, 6) is -0.222. The molecule has 7 heteroatoms. The highest BCUT2D eigenvalue weighted by atomic mass is 19.1. The van der Waals surface area contributed by atoms with Gasteiger partial charge in [-0.25, -0.2) is 8.78 Å². The molecule has 2 aromatic carbocycles. The van der Waals surface area contributed by atoms with Gasteiger partial charge in [-0.05, 0) is 62.2 Å². The van der Waals surface area contributed by atoms with Gasteiger partial charge in [0.1, 0.15) is 17.3 Å². The third kappa shape index (κ3) is 5.34. The number of nitrogens with zero attached hydrogens (tertiary/aromatic N) is 2. The molecule has 1 aliphatic heterocycles. The second-order valence-corrected chi connectivity index (χ2v) is 8.47. The maximum atomic E-state index is 14.0. The van der Waals surface area contributed by atoms with E-state index in [0.29, 0.717) is 43.2 Å². The van der Waals surface area contributed by atoms with E-state index in [9.17, 15) is 13.6 Å². The highest BCUT2D eigenvalue weighted by molar-refractivity contribution is 5.98. The molecule has 0 saturated carbocycles. The predicted molar refractivity (Wildman–Crippen MR) is 120 cm³/mol. The van der Waals surface area contributed by atoms with E-state index in [1.165, 1.54) is 18.2 Å². The van der Waals surface area contributed by atoms with Gasteiger partial charge in [-0.2, -0.15) is 0 Å². The molecule has 0 bridgehead atoms. The van der Waals surface area contributed by atoms with Crippen LogP contribution in [0.5, 0.6) is 0 Å². The predicted octanol–water partition coefficient (Wildman–Crippen LogP) is 4.45. The van der Waals surface area contributed by atoms with Crippen molar-refractivity contribution in [3.05, 3.63) is 71.4 Å². The number of hydrogen-bond acceptors (Lipinski definition) is 3. The first-order chi connectivity index (χ1) is 15.5. The molecule has 0 atom stereocenters. The van der Waals surface area contributed by atoms with E-state index in [4.69, 9.17) is 4.74 Å². The summed E-state index contributed by atoms with van der Waals surface area (Å²) >= 11 is 0. The molecule has 4 rings (SSSR count). The summed E-state index contributed by atoms with van der Waals surface area (Å²) in [6.45, 7) is 3.94. The van der Waals surface area contributed by atoms with Crippen LogP contribution in [-0.4, -0.2) is 60.6 Å². The quantitative estimate of drug-likeness (QED) is 0.562. The number of fused-ring (bicyclic) bond motifs is 1. The molecule has 0 unspecified atom stereocenters. The fraction of sp³-hybridized carbons (Fsp3) is 0.400. The standard InChI is InChI=1S/C25H29F2N3O2/c1-32-13-12-30(25(31)24-15-20-14-21(26)6-7-23(20)28-24)16-18-8-10-29(11-9-18)17-19-4-2-3-5-22(19)27/h2-7,14-15,18,28H,8-13,16-17H2,1H3. The molecule has 170 valence electrons. The molecule has 1 aliphatic rings. The van der Waals surface area contributed by atoms with E-state index in [2.05, 4.69) is 9.88 Å². The number of likely N-dealkylation sites (tertiary alicyclic amines) is 1. The SMILES string of the molecule is COCCN(CC1CCN(Cc2ccccc2F)CC1)C(=O)c1cc2cc(F)ccc2[nH]1. The number of halogens is 2. The highest BCUT2D eigenvalue weighted by Crippen LogP contribution is 2.23. The van der Waals surface area contributed by atoms with E-state index >= 15 is 0 Å². The van der Waals surface area contributed by atoms with Gasteiger partial charge in [0.2, 0.25) is 0 Å². The smallest absolute Gasteiger partial charge is 0.270 e. The number of nitrogens with one attached hydrogen (secondary N) is 1. The minimum atomic E-state index is -0.325. The second kappa shape index (κ2) is 10.2. The molecule has 1 amide bonds. The highest BCUT2D eigenvalue weighted by Gasteiger charge is 2.25. The third-order valence-corrected chi connectivity index (χ3v) is 6.20. The molecule has 0 spiro atoms. The van der Waals surface area contributed by atoms with Gasteiger partial charge in [-0.1, -0.05) is 18.2 Å².